The first-order chi connectivity index (χ1) is 12.6. The molecule has 0 aliphatic heterocycles. The number of carbonyl (C=O) groups is 1. The van der Waals surface area contributed by atoms with E-state index in [0.29, 0.717) is 36.4 Å². The number of nitrogens with one attached hydrogen (secondary N) is 1. The van der Waals surface area contributed by atoms with Crippen molar-refractivity contribution < 1.29 is 4.79 Å². The Morgan fingerprint density at radius 1 is 1.15 bits per heavy atom. The van der Waals surface area contributed by atoms with Gasteiger partial charge in [-0.15, -0.1) is 10.2 Å². The van der Waals surface area contributed by atoms with Gasteiger partial charge in [0.25, 0.3) is 5.91 Å². The minimum atomic E-state index is -0.309. The van der Waals surface area contributed by atoms with Crippen LogP contribution in [-0.4, -0.2) is 16.1 Å². The first kappa shape index (κ1) is 18.7. The van der Waals surface area contributed by atoms with Crippen molar-refractivity contribution in [2.75, 3.05) is 5.32 Å². The van der Waals surface area contributed by atoms with E-state index in [-0.39, 0.29) is 5.91 Å². The Balaban J connectivity index is 1.62. The Morgan fingerprint density at radius 3 is 2.50 bits per heavy atom. The smallest absolute Gasteiger partial charge is 0.257 e. The van der Waals surface area contributed by atoms with Crippen molar-refractivity contribution in [1.82, 2.24) is 10.2 Å². The van der Waals surface area contributed by atoms with E-state index < -0.39 is 0 Å². The van der Waals surface area contributed by atoms with Gasteiger partial charge in [0.2, 0.25) is 5.13 Å². The van der Waals surface area contributed by atoms with Gasteiger partial charge in [0.05, 0.1) is 11.6 Å². The van der Waals surface area contributed by atoms with Gasteiger partial charge in [-0.1, -0.05) is 52.4 Å². The average Bonchev–Trinajstić information content (AvgIpc) is 3.08. The standard InChI is InChI=1S/C17H10Cl2N4OS2/c18-13-2-1-3-14(19)12(13)9-25-17-23-22-16(26-17)21-15(24)11-6-4-10(8-20)5-7-11/h1-7H,9H2,(H,21,22,24). The van der Waals surface area contributed by atoms with Crippen LogP contribution in [-0.2, 0) is 5.75 Å². The van der Waals surface area contributed by atoms with Crippen LogP contribution in [0.3, 0.4) is 0 Å². The summed E-state index contributed by atoms with van der Waals surface area (Å²) in [6.07, 6.45) is 0. The van der Waals surface area contributed by atoms with Crippen LogP contribution in [0.15, 0.2) is 46.8 Å². The summed E-state index contributed by atoms with van der Waals surface area (Å²) in [5.74, 6) is 0.243. The molecule has 0 bridgehead atoms. The van der Waals surface area contributed by atoms with Crippen molar-refractivity contribution in [3.05, 3.63) is 69.2 Å². The van der Waals surface area contributed by atoms with E-state index in [0.717, 1.165) is 5.56 Å². The number of hydrogen-bond donors (Lipinski definition) is 1. The van der Waals surface area contributed by atoms with Crippen molar-refractivity contribution >= 4 is 57.3 Å². The van der Waals surface area contributed by atoms with E-state index in [2.05, 4.69) is 15.5 Å². The van der Waals surface area contributed by atoms with Crippen LogP contribution in [0.5, 0.6) is 0 Å². The van der Waals surface area contributed by atoms with Crippen LogP contribution in [0.2, 0.25) is 10.0 Å². The van der Waals surface area contributed by atoms with Gasteiger partial charge in [-0.3, -0.25) is 10.1 Å². The summed E-state index contributed by atoms with van der Waals surface area (Å²) in [5, 5.41) is 21.1. The van der Waals surface area contributed by atoms with Gasteiger partial charge < -0.3 is 0 Å². The van der Waals surface area contributed by atoms with Crippen molar-refractivity contribution in [2.45, 2.75) is 10.1 Å². The van der Waals surface area contributed by atoms with E-state index in [1.807, 2.05) is 6.07 Å². The van der Waals surface area contributed by atoms with E-state index in [9.17, 15) is 4.79 Å². The molecule has 0 aliphatic rings. The summed E-state index contributed by atoms with van der Waals surface area (Å²) in [6, 6.07) is 13.7. The van der Waals surface area contributed by atoms with Gasteiger partial charge in [0.1, 0.15) is 0 Å². The van der Waals surface area contributed by atoms with E-state index in [4.69, 9.17) is 28.5 Å². The van der Waals surface area contributed by atoms with Gasteiger partial charge in [-0.2, -0.15) is 5.26 Å². The topological polar surface area (TPSA) is 78.7 Å². The summed E-state index contributed by atoms with van der Waals surface area (Å²) in [7, 11) is 0. The number of anilines is 1. The van der Waals surface area contributed by atoms with Crippen molar-refractivity contribution in [2.24, 2.45) is 0 Å². The number of nitrogens with zero attached hydrogens (tertiary/aromatic N) is 3. The summed E-state index contributed by atoms with van der Waals surface area (Å²) in [6.45, 7) is 0. The maximum atomic E-state index is 12.2. The highest BCUT2D eigenvalue weighted by molar-refractivity contribution is 8.00. The highest BCUT2D eigenvalue weighted by Gasteiger charge is 2.12. The molecule has 26 heavy (non-hydrogen) atoms. The Morgan fingerprint density at radius 2 is 1.85 bits per heavy atom. The van der Waals surface area contributed by atoms with Gasteiger partial charge in [-0.05, 0) is 42.0 Å². The Bertz CT molecular complexity index is 963. The number of halogens is 2. The Labute approximate surface area is 168 Å². The zero-order chi connectivity index (χ0) is 18.5. The minimum absolute atomic E-state index is 0.309. The average molecular weight is 421 g/mol. The molecule has 3 rings (SSSR count). The van der Waals surface area contributed by atoms with Gasteiger partial charge in [0, 0.05) is 21.4 Å². The number of aromatic nitrogens is 2. The normalized spacial score (nSPS) is 10.3. The molecule has 3 aromatic rings. The third-order valence-electron chi connectivity index (χ3n) is 3.30. The van der Waals surface area contributed by atoms with E-state index in [1.54, 1.807) is 42.5 Å². The fraction of sp³-hybridized carbons (Fsp3) is 0.0588. The summed E-state index contributed by atoms with van der Waals surface area (Å²) < 4.78 is 0.691. The first-order valence-electron chi connectivity index (χ1n) is 7.27. The molecule has 5 nitrogen and oxygen atoms in total. The number of amides is 1. The summed E-state index contributed by atoms with van der Waals surface area (Å²) in [5.41, 5.74) is 1.77. The number of thioether (sulfide) groups is 1. The Hall–Kier alpha value is -2.11. The molecule has 0 saturated heterocycles. The van der Waals surface area contributed by atoms with Gasteiger partial charge >= 0.3 is 0 Å². The predicted molar refractivity (Wildman–Crippen MR) is 105 cm³/mol. The highest BCUT2D eigenvalue weighted by atomic mass is 35.5. The molecule has 0 atom stereocenters. The molecular weight excluding hydrogens is 411 g/mol. The number of carbonyl (C=O) groups excluding carboxylic acids is 1. The predicted octanol–water partition coefficient (Wildman–Crippen LogP) is 5.26. The van der Waals surface area contributed by atoms with Crippen LogP contribution in [0.4, 0.5) is 5.13 Å². The lowest BCUT2D eigenvalue weighted by Gasteiger charge is -2.04. The fourth-order valence-corrected chi connectivity index (χ4v) is 4.48. The summed E-state index contributed by atoms with van der Waals surface area (Å²) >= 11 is 15.0. The van der Waals surface area contributed by atoms with Crippen LogP contribution in [0.1, 0.15) is 21.5 Å². The maximum absolute atomic E-state index is 12.2. The summed E-state index contributed by atoms with van der Waals surface area (Å²) in [4.78, 5) is 12.2. The third kappa shape index (κ3) is 4.54. The molecule has 1 amide bonds. The lowest BCUT2D eigenvalue weighted by molar-refractivity contribution is 0.102. The molecule has 0 aliphatic carbocycles. The monoisotopic (exact) mass is 420 g/mol. The molecule has 1 heterocycles. The molecule has 9 heteroatoms. The van der Waals surface area contributed by atoms with E-state index >= 15 is 0 Å². The molecule has 1 N–H and O–H groups in total. The van der Waals surface area contributed by atoms with Crippen LogP contribution in [0.25, 0.3) is 0 Å². The number of hydrogen-bond acceptors (Lipinski definition) is 6. The second-order valence-electron chi connectivity index (χ2n) is 5.01. The molecule has 0 saturated carbocycles. The zero-order valence-electron chi connectivity index (χ0n) is 13.1. The molecule has 0 spiro atoms. The van der Waals surface area contributed by atoms with Crippen molar-refractivity contribution in [1.29, 1.82) is 5.26 Å². The van der Waals surface area contributed by atoms with Crippen molar-refractivity contribution in [3.8, 4) is 6.07 Å². The highest BCUT2D eigenvalue weighted by Crippen LogP contribution is 2.33. The number of benzene rings is 2. The SMILES string of the molecule is N#Cc1ccc(C(=O)Nc2nnc(SCc3c(Cl)cccc3Cl)s2)cc1. The molecule has 2 aromatic carbocycles. The number of nitriles is 1. The lowest BCUT2D eigenvalue weighted by Crippen LogP contribution is -2.11. The number of rotatable bonds is 5. The lowest BCUT2D eigenvalue weighted by atomic mass is 10.1. The second-order valence-corrected chi connectivity index (χ2v) is 8.02. The largest absolute Gasteiger partial charge is 0.296 e. The Kier molecular flexibility index (Phi) is 6.12. The van der Waals surface area contributed by atoms with Gasteiger partial charge in [-0.25, -0.2) is 0 Å². The van der Waals surface area contributed by atoms with Crippen LogP contribution >= 0.6 is 46.3 Å². The van der Waals surface area contributed by atoms with E-state index in [1.165, 1.54) is 23.1 Å². The van der Waals surface area contributed by atoms with Crippen LogP contribution < -0.4 is 5.32 Å². The first-order valence-corrected chi connectivity index (χ1v) is 9.83. The van der Waals surface area contributed by atoms with Gasteiger partial charge in [0.15, 0.2) is 4.34 Å². The maximum Gasteiger partial charge on any atom is 0.257 e. The molecule has 0 fully saturated rings. The zero-order valence-corrected chi connectivity index (χ0v) is 16.2. The minimum Gasteiger partial charge on any atom is -0.296 e. The molecular formula is C17H10Cl2N4OS2. The second kappa shape index (κ2) is 8.52. The third-order valence-corrected chi connectivity index (χ3v) is 6.01. The molecule has 1 aromatic heterocycles. The molecule has 0 radical (unpaired) electrons. The van der Waals surface area contributed by atoms with Crippen molar-refractivity contribution in [3.63, 3.8) is 0 Å². The van der Waals surface area contributed by atoms with Crippen LogP contribution in [0, 0.1) is 11.3 Å². The quantitative estimate of drug-likeness (QED) is 0.449. The molecule has 130 valence electrons. The molecule has 0 unspecified atom stereocenters. The fourth-order valence-electron chi connectivity index (χ4n) is 1.99.